The number of aromatic nitrogens is 1. The monoisotopic (exact) mass is 339 g/mol. The predicted molar refractivity (Wildman–Crippen MR) is 84.7 cm³/mol. The molecule has 1 aromatic rings. The molecular formula is C15H22BrN3O. The van der Waals surface area contributed by atoms with E-state index in [1.54, 1.807) is 0 Å². The molecule has 110 valence electrons. The molecule has 1 aliphatic rings. The molecule has 0 aromatic carbocycles. The van der Waals surface area contributed by atoms with E-state index in [0.717, 1.165) is 41.9 Å². The van der Waals surface area contributed by atoms with Crippen LogP contribution in [0.25, 0.3) is 0 Å². The zero-order valence-electron chi connectivity index (χ0n) is 12.3. The van der Waals surface area contributed by atoms with E-state index in [2.05, 4.69) is 31.5 Å². The van der Waals surface area contributed by atoms with Gasteiger partial charge in [-0.05, 0) is 66.8 Å². The van der Waals surface area contributed by atoms with Crippen LogP contribution in [-0.2, 0) is 4.79 Å². The van der Waals surface area contributed by atoms with E-state index in [4.69, 9.17) is 0 Å². The molecule has 1 unspecified atom stereocenters. The topological polar surface area (TPSA) is 54.0 Å². The third kappa shape index (κ3) is 3.38. The van der Waals surface area contributed by atoms with Gasteiger partial charge >= 0.3 is 0 Å². The van der Waals surface area contributed by atoms with E-state index >= 15 is 0 Å². The minimum absolute atomic E-state index is 0.0680. The number of rotatable bonds is 3. The summed E-state index contributed by atoms with van der Waals surface area (Å²) in [6.07, 6.45) is 2.24. The van der Waals surface area contributed by atoms with Gasteiger partial charge in [0.15, 0.2) is 0 Å². The first-order valence-electron chi connectivity index (χ1n) is 7.06. The number of halogens is 1. The van der Waals surface area contributed by atoms with Crippen LogP contribution in [0.4, 0.5) is 5.69 Å². The SMILES string of the molecule is Cc1nc(Br)ccc1NC(=O)C(C)(C)C1CCCNC1. The van der Waals surface area contributed by atoms with E-state index in [1.807, 2.05) is 32.9 Å². The quantitative estimate of drug-likeness (QED) is 0.832. The number of nitrogens with one attached hydrogen (secondary N) is 2. The molecule has 5 heteroatoms. The van der Waals surface area contributed by atoms with E-state index in [-0.39, 0.29) is 11.3 Å². The normalized spacial score (nSPS) is 19.7. The van der Waals surface area contributed by atoms with Crippen molar-refractivity contribution in [2.24, 2.45) is 11.3 Å². The minimum atomic E-state index is -0.382. The van der Waals surface area contributed by atoms with Crippen molar-refractivity contribution in [2.45, 2.75) is 33.6 Å². The van der Waals surface area contributed by atoms with E-state index in [0.29, 0.717) is 5.92 Å². The summed E-state index contributed by atoms with van der Waals surface area (Å²) in [5.41, 5.74) is 1.23. The van der Waals surface area contributed by atoms with Gasteiger partial charge in [0.1, 0.15) is 4.60 Å². The number of anilines is 1. The summed E-state index contributed by atoms with van der Waals surface area (Å²) in [5.74, 6) is 0.443. The van der Waals surface area contributed by atoms with Gasteiger partial charge in [0.2, 0.25) is 5.91 Å². The number of hydrogen-bond donors (Lipinski definition) is 2. The van der Waals surface area contributed by atoms with E-state index in [1.165, 1.54) is 0 Å². The Morgan fingerprint density at radius 2 is 2.25 bits per heavy atom. The standard InChI is InChI=1S/C15H22BrN3O/c1-10-12(6-7-13(16)18-10)19-14(20)15(2,3)11-5-4-8-17-9-11/h6-7,11,17H,4-5,8-9H2,1-3H3,(H,19,20). The number of hydrogen-bond acceptors (Lipinski definition) is 3. The molecule has 1 aromatic heterocycles. The molecule has 4 nitrogen and oxygen atoms in total. The average molecular weight is 340 g/mol. The molecule has 0 spiro atoms. The third-order valence-corrected chi connectivity index (χ3v) is 4.64. The van der Waals surface area contributed by atoms with Crippen molar-refractivity contribution in [1.29, 1.82) is 0 Å². The summed E-state index contributed by atoms with van der Waals surface area (Å²) >= 11 is 3.33. The van der Waals surface area contributed by atoms with Crippen LogP contribution < -0.4 is 10.6 Å². The molecule has 1 amide bonds. The Morgan fingerprint density at radius 1 is 1.50 bits per heavy atom. The van der Waals surface area contributed by atoms with Gasteiger partial charge in [0, 0.05) is 5.41 Å². The van der Waals surface area contributed by atoms with Crippen molar-refractivity contribution in [3.63, 3.8) is 0 Å². The Bertz CT molecular complexity index is 496. The average Bonchev–Trinajstić information content (AvgIpc) is 2.42. The van der Waals surface area contributed by atoms with E-state index < -0.39 is 0 Å². The molecule has 1 atom stereocenters. The number of carbonyl (C=O) groups excluding carboxylic acids is 1. The zero-order valence-corrected chi connectivity index (χ0v) is 13.9. The highest BCUT2D eigenvalue weighted by molar-refractivity contribution is 9.10. The number of amides is 1. The molecule has 20 heavy (non-hydrogen) atoms. The van der Waals surface area contributed by atoms with Crippen LogP contribution in [0.15, 0.2) is 16.7 Å². The van der Waals surface area contributed by atoms with Crippen molar-refractivity contribution in [2.75, 3.05) is 18.4 Å². The maximum atomic E-state index is 12.6. The zero-order chi connectivity index (χ0) is 14.8. The number of aryl methyl sites for hydroxylation is 1. The van der Waals surface area contributed by atoms with Gasteiger partial charge in [-0.25, -0.2) is 4.98 Å². The fourth-order valence-corrected chi connectivity index (χ4v) is 3.00. The fraction of sp³-hybridized carbons (Fsp3) is 0.600. The molecule has 2 rings (SSSR count). The highest BCUT2D eigenvalue weighted by Gasteiger charge is 2.37. The minimum Gasteiger partial charge on any atom is -0.324 e. The summed E-state index contributed by atoms with van der Waals surface area (Å²) in [5, 5.41) is 6.40. The molecule has 1 fully saturated rings. The number of nitrogens with zero attached hydrogens (tertiary/aromatic N) is 1. The lowest BCUT2D eigenvalue weighted by atomic mass is 9.74. The summed E-state index contributed by atoms with van der Waals surface area (Å²) in [6, 6.07) is 3.73. The molecule has 0 radical (unpaired) electrons. The first kappa shape index (κ1) is 15.4. The second-order valence-corrected chi connectivity index (χ2v) is 6.80. The number of piperidine rings is 1. The van der Waals surface area contributed by atoms with Crippen LogP contribution in [0.3, 0.4) is 0 Å². The van der Waals surface area contributed by atoms with Crippen molar-refractivity contribution < 1.29 is 4.79 Å². The van der Waals surface area contributed by atoms with Crippen molar-refractivity contribution in [1.82, 2.24) is 10.3 Å². The smallest absolute Gasteiger partial charge is 0.230 e. The highest BCUT2D eigenvalue weighted by atomic mass is 79.9. The van der Waals surface area contributed by atoms with Gasteiger partial charge in [-0.1, -0.05) is 13.8 Å². The first-order valence-corrected chi connectivity index (χ1v) is 7.86. The predicted octanol–water partition coefficient (Wildman–Crippen LogP) is 3.12. The molecular weight excluding hydrogens is 318 g/mol. The maximum absolute atomic E-state index is 12.6. The fourth-order valence-electron chi connectivity index (χ4n) is 2.60. The Hall–Kier alpha value is -0.940. The van der Waals surface area contributed by atoms with Crippen LogP contribution in [0.5, 0.6) is 0 Å². The lowest BCUT2D eigenvalue weighted by molar-refractivity contribution is -0.127. The van der Waals surface area contributed by atoms with Gasteiger partial charge in [-0.3, -0.25) is 4.79 Å². The largest absolute Gasteiger partial charge is 0.324 e. The lowest BCUT2D eigenvalue weighted by Crippen LogP contribution is -2.44. The third-order valence-electron chi connectivity index (χ3n) is 4.20. The maximum Gasteiger partial charge on any atom is 0.230 e. The molecule has 0 bridgehead atoms. The Morgan fingerprint density at radius 3 is 2.85 bits per heavy atom. The molecule has 1 aliphatic heterocycles. The van der Waals surface area contributed by atoms with Crippen molar-refractivity contribution >= 4 is 27.5 Å². The molecule has 0 saturated carbocycles. The second kappa shape index (κ2) is 6.22. The molecule has 0 aliphatic carbocycles. The highest BCUT2D eigenvalue weighted by Crippen LogP contribution is 2.33. The van der Waals surface area contributed by atoms with Crippen LogP contribution in [-0.4, -0.2) is 24.0 Å². The summed E-state index contributed by atoms with van der Waals surface area (Å²) in [7, 11) is 0. The van der Waals surface area contributed by atoms with Crippen LogP contribution in [0, 0.1) is 18.3 Å². The molecule has 2 heterocycles. The number of carbonyl (C=O) groups is 1. The van der Waals surface area contributed by atoms with Gasteiger partial charge in [0.25, 0.3) is 0 Å². The van der Waals surface area contributed by atoms with Gasteiger partial charge in [0.05, 0.1) is 11.4 Å². The van der Waals surface area contributed by atoms with E-state index in [9.17, 15) is 4.79 Å². The first-order chi connectivity index (χ1) is 9.41. The Kier molecular flexibility index (Phi) is 4.81. The Labute approximate surface area is 128 Å². The summed E-state index contributed by atoms with van der Waals surface area (Å²) in [6.45, 7) is 7.93. The molecule has 2 N–H and O–H groups in total. The molecule has 1 saturated heterocycles. The lowest BCUT2D eigenvalue weighted by Gasteiger charge is -2.36. The van der Waals surface area contributed by atoms with Gasteiger partial charge in [-0.15, -0.1) is 0 Å². The van der Waals surface area contributed by atoms with Gasteiger partial charge in [-0.2, -0.15) is 0 Å². The summed E-state index contributed by atoms with van der Waals surface area (Å²) < 4.78 is 0.781. The summed E-state index contributed by atoms with van der Waals surface area (Å²) in [4.78, 5) is 16.9. The van der Waals surface area contributed by atoms with Gasteiger partial charge < -0.3 is 10.6 Å². The Balaban J connectivity index is 2.09. The van der Waals surface area contributed by atoms with Crippen LogP contribution >= 0.6 is 15.9 Å². The van der Waals surface area contributed by atoms with Crippen molar-refractivity contribution in [3.05, 3.63) is 22.4 Å². The van der Waals surface area contributed by atoms with Crippen molar-refractivity contribution in [3.8, 4) is 0 Å². The number of pyridine rings is 1. The second-order valence-electron chi connectivity index (χ2n) is 5.99. The van der Waals surface area contributed by atoms with Crippen LogP contribution in [0.2, 0.25) is 0 Å². The van der Waals surface area contributed by atoms with Crippen LogP contribution in [0.1, 0.15) is 32.4 Å².